The van der Waals surface area contributed by atoms with Crippen LogP contribution < -0.4 is 4.74 Å². The molecule has 6 heteroatoms. The van der Waals surface area contributed by atoms with E-state index >= 15 is 0 Å². The van der Waals surface area contributed by atoms with Crippen molar-refractivity contribution in [2.45, 2.75) is 24.5 Å². The predicted octanol–water partition coefficient (Wildman–Crippen LogP) is 2.37. The molecule has 0 aliphatic carbocycles. The van der Waals surface area contributed by atoms with Gasteiger partial charge < -0.3 is 19.1 Å². The molecule has 2 aliphatic rings. The fourth-order valence-electron chi connectivity index (χ4n) is 3.24. The lowest BCUT2D eigenvalue weighted by atomic mass is 9.98. The molecular formula is C16H20ClNO4. The van der Waals surface area contributed by atoms with Crippen LogP contribution in [0.1, 0.15) is 23.2 Å². The molecule has 1 aromatic carbocycles. The Bertz CT molecular complexity index is 579. The van der Waals surface area contributed by atoms with E-state index in [2.05, 4.69) is 0 Å². The minimum Gasteiger partial charge on any atom is -0.495 e. The maximum absolute atomic E-state index is 12.6. The van der Waals surface area contributed by atoms with Crippen LogP contribution in [0.5, 0.6) is 5.75 Å². The molecule has 2 fully saturated rings. The van der Waals surface area contributed by atoms with Crippen molar-refractivity contribution in [1.29, 1.82) is 0 Å². The number of likely N-dealkylation sites (tertiary alicyclic amines) is 1. The lowest BCUT2D eigenvalue weighted by Crippen LogP contribution is -2.36. The fourth-order valence-corrected chi connectivity index (χ4v) is 3.50. The van der Waals surface area contributed by atoms with Crippen molar-refractivity contribution in [3.8, 4) is 5.75 Å². The smallest absolute Gasteiger partial charge is 0.254 e. The van der Waals surface area contributed by atoms with Crippen molar-refractivity contribution in [2.75, 3.05) is 33.9 Å². The maximum Gasteiger partial charge on any atom is 0.254 e. The Morgan fingerprint density at radius 3 is 2.91 bits per heavy atom. The topological polar surface area (TPSA) is 48.0 Å². The number of hydrogen-bond donors (Lipinski definition) is 0. The highest BCUT2D eigenvalue weighted by molar-refractivity contribution is 6.32. The molecule has 22 heavy (non-hydrogen) atoms. The largest absolute Gasteiger partial charge is 0.495 e. The first-order chi connectivity index (χ1) is 10.6. The molecule has 2 atom stereocenters. The third-order valence-corrected chi connectivity index (χ3v) is 4.81. The molecule has 0 unspecified atom stereocenters. The molecule has 5 nitrogen and oxygen atoms in total. The summed E-state index contributed by atoms with van der Waals surface area (Å²) in [4.78, 5) is 14.5. The molecule has 1 amide bonds. The third-order valence-electron chi connectivity index (χ3n) is 4.51. The number of amides is 1. The molecule has 1 spiro atoms. The van der Waals surface area contributed by atoms with Crippen LogP contribution in [0.25, 0.3) is 0 Å². The average Bonchev–Trinajstić information content (AvgIpc) is 3.14. The summed E-state index contributed by atoms with van der Waals surface area (Å²) in [7, 11) is 3.25. The van der Waals surface area contributed by atoms with Crippen molar-refractivity contribution >= 4 is 17.5 Å². The summed E-state index contributed by atoms with van der Waals surface area (Å²) in [5, 5.41) is 0.443. The molecule has 2 aliphatic heterocycles. The highest BCUT2D eigenvalue weighted by Gasteiger charge is 2.46. The molecule has 1 aromatic rings. The Hall–Kier alpha value is -1.30. The Morgan fingerprint density at radius 2 is 2.27 bits per heavy atom. The van der Waals surface area contributed by atoms with Gasteiger partial charge in [0.15, 0.2) is 0 Å². The molecule has 3 rings (SSSR count). The van der Waals surface area contributed by atoms with Crippen molar-refractivity contribution < 1.29 is 19.0 Å². The van der Waals surface area contributed by atoms with Crippen LogP contribution in [0.2, 0.25) is 5.02 Å². The molecule has 0 saturated carbocycles. The standard InChI is InChI=1S/C16H20ClNO4/c1-20-12-8-16(22-9-12)5-6-18(10-16)15(19)11-3-4-14(21-2)13(17)7-11/h3-4,7,12H,5-6,8-10H2,1-2H3/t12-,16+/m1/s1. The van der Waals surface area contributed by atoms with E-state index < -0.39 is 0 Å². The molecule has 0 radical (unpaired) electrons. The minimum absolute atomic E-state index is 0.0223. The lowest BCUT2D eigenvalue weighted by molar-refractivity contribution is 0.00702. The van der Waals surface area contributed by atoms with Crippen molar-refractivity contribution in [3.05, 3.63) is 28.8 Å². The number of nitrogens with zero attached hydrogens (tertiary/aromatic N) is 1. The first-order valence-electron chi connectivity index (χ1n) is 7.36. The van der Waals surface area contributed by atoms with Crippen LogP contribution in [0.3, 0.4) is 0 Å². The number of hydrogen-bond acceptors (Lipinski definition) is 4. The zero-order chi connectivity index (χ0) is 15.7. The van der Waals surface area contributed by atoms with Gasteiger partial charge in [-0.15, -0.1) is 0 Å². The zero-order valence-corrected chi connectivity index (χ0v) is 13.6. The molecule has 0 N–H and O–H groups in total. The van der Waals surface area contributed by atoms with E-state index in [1.54, 1.807) is 32.4 Å². The number of methoxy groups -OCH3 is 2. The van der Waals surface area contributed by atoms with Gasteiger partial charge in [-0.05, 0) is 24.6 Å². The average molecular weight is 326 g/mol. The molecule has 2 heterocycles. The summed E-state index contributed by atoms with van der Waals surface area (Å²) in [6.07, 6.45) is 1.82. The number of carbonyl (C=O) groups excluding carboxylic acids is 1. The van der Waals surface area contributed by atoms with Crippen LogP contribution in [-0.4, -0.2) is 56.4 Å². The monoisotopic (exact) mass is 325 g/mol. The Morgan fingerprint density at radius 1 is 1.45 bits per heavy atom. The maximum atomic E-state index is 12.6. The number of benzene rings is 1. The van der Waals surface area contributed by atoms with E-state index in [0.29, 0.717) is 36.0 Å². The van der Waals surface area contributed by atoms with Crippen LogP contribution in [0, 0.1) is 0 Å². The van der Waals surface area contributed by atoms with Gasteiger partial charge in [0.25, 0.3) is 5.91 Å². The van der Waals surface area contributed by atoms with Gasteiger partial charge in [-0.3, -0.25) is 4.79 Å². The minimum atomic E-state index is -0.243. The summed E-state index contributed by atoms with van der Waals surface area (Å²) >= 11 is 6.10. The Labute approximate surface area is 135 Å². The van der Waals surface area contributed by atoms with Gasteiger partial charge in [0.1, 0.15) is 5.75 Å². The van der Waals surface area contributed by atoms with Gasteiger partial charge in [0.05, 0.1) is 37.0 Å². The van der Waals surface area contributed by atoms with E-state index in [1.165, 1.54) is 0 Å². The summed E-state index contributed by atoms with van der Waals surface area (Å²) in [5.74, 6) is 0.545. The first kappa shape index (κ1) is 15.6. The van der Waals surface area contributed by atoms with Crippen LogP contribution in [-0.2, 0) is 9.47 Å². The quantitative estimate of drug-likeness (QED) is 0.856. The van der Waals surface area contributed by atoms with E-state index in [0.717, 1.165) is 12.8 Å². The third kappa shape index (κ3) is 2.81. The number of ether oxygens (including phenoxy) is 3. The van der Waals surface area contributed by atoms with Crippen LogP contribution in [0.15, 0.2) is 18.2 Å². The van der Waals surface area contributed by atoms with Gasteiger partial charge in [0, 0.05) is 25.6 Å². The van der Waals surface area contributed by atoms with E-state index in [9.17, 15) is 4.79 Å². The van der Waals surface area contributed by atoms with Gasteiger partial charge in [-0.25, -0.2) is 0 Å². The molecule has 0 aromatic heterocycles. The van der Waals surface area contributed by atoms with Crippen LogP contribution >= 0.6 is 11.6 Å². The normalized spacial score (nSPS) is 27.6. The number of rotatable bonds is 3. The van der Waals surface area contributed by atoms with Gasteiger partial charge in [-0.1, -0.05) is 11.6 Å². The summed E-state index contributed by atoms with van der Waals surface area (Å²) in [5.41, 5.74) is 0.330. The van der Waals surface area contributed by atoms with E-state index in [1.807, 2.05) is 4.90 Å². The fraction of sp³-hybridized carbons (Fsp3) is 0.562. The van der Waals surface area contributed by atoms with E-state index in [-0.39, 0.29) is 17.6 Å². The SMILES string of the molecule is COc1ccc(C(=O)N2CC[C@]3(C[C@@H](OC)CO3)C2)cc1Cl. The second-order valence-electron chi connectivity index (χ2n) is 5.88. The molecule has 120 valence electrons. The molecule has 0 bridgehead atoms. The summed E-state index contributed by atoms with van der Waals surface area (Å²) in [6.45, 7) is 1.90. The number of halogens is 1. The molecular weight excluding hydrogens is 306 g/mol. The molecule has 2 saturated heterocycles. The van der Waals surface area contributed by atoms with Crippen LogP contribution in [0.4, 0.5) is 0 Å². The van der Waals surface area contributed by atoms with Gasteiger partial charge in [-0.2, -0.15) is 0 Å². The first-order valence-corrected chi connectivity index (χ1v) is 7.74. The van der Waals surface area contributed by atoms with Crippen molar-refractivity contribution in [1.82, 2.24) is 4.90 Å². The highest BCUT2D eigenvalue weighted by Crippen LogP contribution is 2.36. The number of carbonyl (C=O) groups is 1. The van der Waals surface area contributed by atoms with Gasteiger partial charge >= 0.3 is 0 Å². The predicted molar refractivity (Wildman–Crippen MR) is 82.6 cm³/mol. The Kier molecular flexibility index (Phi) is 4.30. The second kappa shape index (κ2) is 6.07. The highest BCUT2D eigenvalue weighted by atomic mass is 35.5. The van der Waals surface area contributed by atoms with Gasteiger partial charge in [0.2, 0.25) is 0 Å². The second-order valence-corrected chi connectivity index (χ2v) is 6.29. The lowest BCUT2D eigenvalue weighted by Gasteiger charge is -2.23. The zero-order valence-electron chi connectivity index (χ0n) is 12.8. The summed E-state index contributed by atoms with van der Waals surface area (Å²) in [6, 6.07) is 5.11. The Balaban J connectivity index is 1.70. The van der Waals surface area contributed by atoms with E-state index in [4.69, 9.17) is 25.8 Å². The summed E-state index contributed by atoms with van der Waals surface area (Å²) < 4.78 is 16.4. The van der Waals surface area contributed by atoms with Crippen molar-refractivity contribution in [2.24, 2.45) is 0 Å². The van der Waals surface area contributed by atoms with Crippen molar-refractivity contribution in [3.63, 3.8) is 0 Å².